The number of benzene rings is 1. The number of furan rings is 1. The molecule has 21 heavy (non-hydrogen) atoms. The van der Waals surface area contributed by atoms with Gasteiger partial charge in [-0.2, -0.15) is 0 Å². The Morgan fingerprint density at radius 2 is 2.19 bits per heavy atom. The maximum absolute atomic E-state index is 9.79. The summed E-state index contributed by atoms with van der Waals surface area (Å²) < 4.78 is 11.0. The van der Waals surface area contributed by atoms with Crippen molar-refractivity contribution in [1.82, 2.24) is 4.90 Å². The Bertz CT molecular complexity index is 593. The maximum Gasteiger partial charge on any atom is 0.134 e. The fourth-order valence-electron chi connectivity index (χ4n) is 2.67. The van der Waals surface area contributed by atoms with E-state index in [-0.39, 0.29) is 0 Å². The monoisotopic (exact) mass is 287 g/mol. The highest BCUT2D eigenvalue weighted by molar-refractivity contribution is 5.58. The molecule has 0 bridgehead atoms. The first-order chi connectivity index (χ1) is 10.2. The molecular weight excluding hydrogens is 266 g/mol. The molecule has 1 N–H and O–H groups in total. The standard InChI is InChI=1S/C17H21NO3/c1-13-5-6-17(21-13)15-4-2-3-14(9-15)10-18-7-8-20-12-16(19)11-18/h2-6,9,16,19H,7-8,10-12H2,1H3. The van der Waals surface area contributed by atoms with Gasteiger partial charge in [-0.25, -0.2) is 0 Å². The molecule has 1 saturated heterocycles. The fraction of sp³-hybridized carbons (Fsp3) is 0.412. The van der Waals surface area contributed by atoms with Crippen LogP contribution in [0.1, 0.15) is 11.3 Å². The third kappa shape index (κ3) is 3.73. The number of aryl methyl sites for hydroxylation is 1. The number of nitrogens with zero attached hydrogens (tertiary/aromatic N) is 1. The summed E-state index contributed by atoms with van der Waals surface area (Å²) in [5.41, 5.74) is 2.31. The third-order valence-corrected chi connectivity index (χ3v) is 3.69. The summed E-state index contributed by atoms with van der Waals surface area (Å²) in [5.74, 6) is 1.82. The fourth-order valence-corrected chi connectivity index (χ4v) is 2.67. The Kier molecular flexibility index (Phi) is 4.39. The molecule has 1 atom stereocenters. The smallest absolute Gasteiger partial charge is 0.134 e. The molecule has 0 spiro atoms. The molecule has 2 heterocycles. The molecule has 4 heteroatoms. The van der Waals surface area contributed by atoms with E-state index < -0.39 is 6.10 Å². The lowest BCUT2D eigenvalue weighted by Crippen LogP contribution is -2.32. The van der Waals surface area contributed by atoms with E-state index in [0.717, 1.165) is 30.2 Å². The summed E-state index contributed by atoms with van der Waals surface area (Å²) in [5, 5.41) is 9.79. The maximum atomic E-state index is 9.79. The summed E-state index contributed by atoms with van der Waals surface area (Å²) >= 11 is 0. The Morgan fingerprint density at radius 3 is 3.00 bits per heavy atom. The summed E-state index contributed by atoms with van der Waals surface area (Å²) in [6.45, 7) is 5.38. The molecule has 1 unspecified atom stereocenters. The van der Waals surface area contributed by atoms with Crippen molar-refractivity contribution in [1.29, 1.82) is 0 Å². The van der Waals surface area contributed by atoms with Crippen LogP contribution in [0.2, 0.25) is 0 Å². The average Bonchev–Trinajstić information content (AvgIpc) is 2.80. The third-order valence-electron chi connectivity index (χ3n) is 3.69. The highest BCUT2D eigenvalue weighted by atomic mass is 16.5. The lowest BCUT2D eigenvalue weighted by Gasteiger charge is -2.21. The van der Waals surface area contributed by atoms with Crippen LogP contribution in [0.3, 0.4) is 0 Å². The van der Waals surface area contributed by atoms with Crippen molar-refractivity contribution in [2.75, 3.05) is 26.3 Å². The molecule has 0 amide bonds. The van der Waals surface area contributed by atoms with Crippen molar-refractivity contribution in [3.05, 3.63) is 47.7 Å². The number of rotatable bonds is 3. The van der Waals surface area contributed by atoms with Crippen molar-refractivity contribution in [2.24, 2.45) is 0 Å². The number of ether oxygens (including phenoxy) is 1. The van der Waals surface area contributed by atoms with E-state index in [1.165, 1.54) is 5.56 Å². The number of hydrogen-bond acceptors (Lipinski definition) is 4. The van der Waals surface area contributed by atoms with E-state index in [0.29, 0.717) is 19.8 Å². The Morgan fingerprint density at radius 1 is 1.29 bits per heavy atom. The van der Waals surface area contributed by atoms with Gasteiger partial charge in [0.25, 0.3) is 0 Å². The molecule has 0 aliphatic carbocycles. The molecule has 0 saturated carbocycles. The molecule has 0 radical (unpaired) electrons. The molecule has 112 valence electrons. The number of β-amino-alcohol motifs (C(OH)–C–C–N with tert-alkyl or cyclic N) is 1. The van der Waals surface area contributed by atoms with E-state index in [4.69, 9.17) is 9.15 Å². The van der Waals surface area contributed by atoms with Crippen molar-refractivity contribution >= 4 is 0 Å². The van der Waals surface area contributed by atoms with Gasteiger partial charge in [0, 0.05) is 25.2 Å². The molecule has 1 aromatic carbocycles. The Balaban J connectivity index is 1.73. The van der Waals surface area contributed by atoms with E-state index in [1.54, 1.807) is 0 Å². The Hall–Kier alpha value is -1.62. The van der Waals surface area contributed by atoms with Gasteiger partial charge in [0.05, 0.1) is 19.3 Å². The zero-order chi connectivity index (χ0) is 14.7. The second kappa shape index (κ2) is 6.43. The van der Waals surface area contributed by atoms with Crippen LogP contribution in [0.4, 0.5) is 0 Å². The van der Waals surface area contributed by atoms with Crippen molar-refractivity contribution in [2.45, 2.75) is 19.6 Å². The lowest BCUT2D eigenvalue weighted by molar-refractivity contribution is 0.0562. The largest absolute Gasteiger partial charge is 0.461 e. The van der Waals surface area contributed by atoms with Gasteiger partial charge in [-0.15, -0.1) is 0 Å². The lowest BCUT2D eigenvalue weighted by atomic mass is 10.1. The molecule has 1 aliphatic rings. The summed E-state index contributed by atoms with van der Waals surface area (Å²) in [4.78, 5) is 2.23. The summed E-state index contributed by atoms with van der Waals surface area (Å²) in [6.07, 6.45) is -0.400. The van der Waals surface area contributed by atoms with Crippen LogP contribution in [0.5, 0.6) is 0 Å². The first-order valence-corrected chi connectivity index (χ1v) is 7.34. The minimum atomic E-state index is -0.400. The average molecular weight is 287 g/mol. The van der Waals surface area contributed by atoms with Crippen LogP contribution in [0, 0.1) is 6.92 Å². The van der Waals surface area contributed by atoms with Crippen LogP contribution in [-0.2, 0) is 11.3 Å². The normalized spacial score (nSPS) is 20.4. The highest BCUT2D eigenvalue weighted by Crippen LogP contribution is 2.23. The zero-order valence-electron chi connectivity index (χ0n) is 12.3. The first kappa shape index (κ1) is 14.3. The molecule has 1 aromatic heterocycles. The number of aliphatic hydroxyl groups excluding tert-OH is 1. The van der Waals surface area contributed by atoms with Crippen LogP contribution in [0.15, 0.2) is 40.8 Å². The van der Waals surface area contributed by atoms with Gasteiger partial charge < -0.3 is 14.3 Å². The van der Waals surface area contributed by atoms with Crippen LogP contribution in [-0.4, -0.2) is 42.4 Å². The summed E-state index contributed by atoms with van der Waals surface area (Å²) in [7, 11) is 0. The van der Waals surface area contributed by atoms with E-state index in [9.17, 15) is 5.11 Å². The van der Waals surface area contributed by atoms with Gasteiger partial charge in [0.1, 0.15) is 11.5 Å². The van der Waals surface area contributed by atoms with Crippen molar-refractivity contribution in [3.63, 3.8) is 0 Å². The van der Waals surface area contributed by atoms with Gasteiger partial charge in [-0.1, -0.05) is 18.2 Å². The van der Waals surface area contributed by atoms with Crippen LogP contribution in [0.25, 0.3) is 11.3 Å². The molecular formula is C17H21NO3. The molecule has 1 aliphatic heterocycles. The molecule has 1 fully saturated rings. The van der Waals surface area contributed by atoms with Gasteiger partial charge in [0.2, 0.25) is 0 Å². The quantitative estimate of drug-likeness (QED) is 0.942. The molecule has 3 rings (SSSR count). The van der Waals surface area contributed by atoms with Crippen LogP contribution >= 0.6 is 0 Å². The van der Waals surface area contributed by atoms with Crippen molar-refractivity contribution < 1.29 is 14.3 Å². The van der Waals surface area contributed by atoms with E-state index in [1.807, 2.05) is 25.1 Å². The predicted octanol–water partition coefficient (Wildman–Crippen LogP) is 2.45. The molecule has 2 aromatic rings. The van der Waals surface area contributed by atoms with E-state index >= 15 is 0 Å². The van der Waals surface area contributed by atoms with E-state index in [2.05, 4.69) is 23.1 Å². The topological polar surface area (TPSA) is 45.8 Å². The van der Waals surface area contributed by atoms with Crippen LogP contribution < -0.4 is 0 Å². The van der Waals surface area contributed by atoms with Crippen molar-refractivity contribution in [3.8, 4) is 11.3 Å². The first-order valence-electron chi connectivity index (χ1n) is 7.34. The summed E-state index contributed by atoms with van der Waals surface area (Å²) in [6, 6.07) is 12.3. The Labute approximate surface area is 124 Å². The van der Waals surface area contributed by atoms with Gasteiger partial charge in [0.15, 0.2) is 0 Å². The second-order valence-corrected chi connectivity index (χ2v) is 5.57. The number of hydrogen-bond donors (Lipinski definition) is 1. The van der Waals surface area contributed by atoms with Gasteiger partial charge in [-0.05, 0) is 30.7 Å². The second-order valence-electron chi connectivity index (χ2n) is 5.57. The number of aliphatic hydroxyl groups is 1. The zero-order valence-corrected chi connectivity index (χ0v) is 12.3. The SMILES string of the molecule is Cc1ccc(-c2cccc(CN3CCOCC(O)C3)c2)o1. The minimum Gasteiger partial charge on any atom is -0.461 e. The van der Waals surface area contributed by atoms with Gasteiger partial charge in [-0.3, -0.25) is 4.90 Å². The predicted molar refractivity (Wildman–Crippen MR) is 81.0 cm³/mol. The highest BCUT2D eigenvalue weighted by Gasteiger charge is 2.16. The molecule has 4 nitrogen and oxygen atoms in total. The minimum absolute atomic E-state index is 0.400. The van der Waals surface area contributed by atoms with Gasteiger partial charge >= 0.3 is 0 Å².